The molecular weight excluding hydrogens is 312 g/mol. The van der Waals surface area contributed by atoms with E-state index in [2.05, 4.69) is 21.3 Å². The molecule has 1 aromatic heterocycles. The van der Waals surface area contributed by atoms with Crippen LogP contribution in [0.1, 0.15) is 38.4 Å². The number of ether oxygens (including phenoxy) is 1. The summed E-state index contributed by atoms with van der Waals surface area (Å²) in [6.45, 7) is 9.84. The number of carbonyl (C=O) groups excluding carboxylic acids is 1. The molecule has 0 spiro atoms. The Morgan fingerprint density at radius 2 is 2.04 bits per heavy atom. The number of hydrogen-bond acceptors (Lipinski definition) is 5. The van der Waals surface area contributed by atoms with Crippen molar-refractivity contribution in [3.05, 3.63) is 18.5 Å². The lowest BCUT2D eigenvalue weighted by atomic mass is 10.2. The highest BCUT2D eigenvalue weighted by Crippen LogP contribution is 2.40. The van der Waals surface area contributed by atoms with E-state index in [4.69, 9.17) is 4.74 Å². The number of aromatic nitrogens is 3. The van der Waals surface area contributed by atoms with Gasteiger partial charge in [0.05, 0.1) is 18.0 Å². The van der Waals surface area contributed by atoms with Gasteiger partial charge in [-0.1, -0.05) is 17.8 Å². The van der Waals surface area contributed by atoms with E-state index < -0.39 is 0 Å². The van der Waals surface area contributed by atoms with Crippen LogP contribution >= 0.6 is 11.8 Å². The summed E-state index contributed by atoms with van der Waals surface area (Å²) in [5.41, 5.74) is 0. The Balaban J connectivity index is 1.61. The van der Waals surface area contributed by atoms with Crippen LogP contribution in [-0.2, 0) is 16.1 Å². The first-order chi connectivity index (χ1) is 11.1. The summed E-state index contributed by atoms with van der Waals surface area (Å²) >= 11 is 1.47. The summed E-state index contributed by atoms with van der Waals surface area (Å²) in [6.07, 6.45) is 4.41. The Morgan fingerprint density at radius 3 is 2.65 bits per heavy atom. The molecule has 126 valence electrons. The molecule has 2 unspecified atom stereocenters. The van der Waals surface area contributed by atoms with Crippen molar-refractivity contribution in [2.45, 2.75) is 56.5 Å². The van der Waals surface area contributed by atoms with Crippen molar-refractivity contribution >= 4 is 17.7 Å². The lowest BCUT2D eigenvalue weighted by Crippen LogP contribution is -2.48. The Bertz CT molecular complexity index is 575. The summed E-state index contributed by atoms with van der Waals surface area (Å²) in [5.74, 6) is 2.10. The van der Waals surface area contributed by atoms with E-state index in [1.54, 1.807) is 0 Å². The highest BCUT2D eigenvalue weighted by molar-refractivity contribution is 7.99. The van der Waals surface area contributed by atoms with Crippen molar-refractivity contribution in [2.24, 2.45) is 0 Å². The maximum atomic E-state index is 12.5. The van der Waals surface area contributed by atoms with Gasteiger partial charge in [-0.3, -0.25) is 4.79 Å². The van der Waals surface area contributed by atoms with E-state index in [0.717, 1.165) is 11.0 Å². The summed E-state index contributed by atoms with van der Waals surface area (Å²) in [5, 5.41) is 9.40. The summed E-state index contributed by atoms with van der Waals surface area (Å²) in [7, 11) is 0. The minimum absolute atomic E-state index is 0.0959. The minimum atomic E-state index is 0.0959. The van der Waals surface area contributed by atoms with E-state index >= 15 is 0 Å². The van der Waals surface area contributed by atoms with Crippen molar-refractivity contribution in [1.29, 1.82) is 0 Å². The first-order valence-electron chi connectivity index (χ1n) is 8.18. The zero-order valence-corrected chi connectivity index (χ0v) is 14.6. The topological polar surface area (TPSA) is 60.2 Å². The van der Waals surface area contributed by atoms with Crippen LogP contribution in [0.3, 0.4) is 0 Å². The van der Waals surface area contributed by atoms with Crippen molar-refractivity contribution in [3.8, 4) is 0 Å². The van der Waals surface area contributed by atoms with Crippen LogP contribution < -0.4 is 0 Å². The lowest BCUT2D eigenvalue weighted by molar-refractivity contribution is -0.140. The quantitative estimate of drug-likeness (QED) is 0.588. The molecule has 2 fully saturated rings. The van der Waals surface area contributed by atoms with E-state index in [1.807, 2.05) is 24.8 Å². The standard InChI is InChI=1S/C16H24N4O2S/c1-4-7-20-15(13-5-6-13)17-18-16(20)23-10-14(21)19-8-11(2)22-12(3)9-19/h4,11-13H,1,5-10H2,2-3H3. The first-order valence-corrected chi connectivity index (χ1v) is 9.17. The van der Waals surface area contributed by atoms with Crippen LogP contribution in [-0.4, -0.2) is 56.6 Å². The Kier molecular flexibility index (Phi) is 5.06. The SMILES string of the molecule is C=CCn1c(SCC(=O)N2CC(C)OC(C)C2)nnc1C1CC1. The molecule has 2 aliphatic rings. The van der Waals surface area contributed by atoms with E-state index in [0.29, 0.717) is 31.3 Å². The molecule has 3 rings (SSSR count). The molecule has 0 aromatic carbocycles. The van der Waals surface area contributed by atoms with E-state index in [-0.39, 0.29) is 18.1 Å². The predicted molar refractivity (Wildman–Crippen MR) is 89.5 cm³/mol. The zero-order chi connectivity index (χ0) is 16.4. The second-order valence-corrected chi connectivity index (χ2v) is 7.30. The molecule has 6 nitrogen and oxygen atoms in total. The van der Waals surface area contributed by atoms with Crippen molar-refractivity contribution < 1.29 is 9.53 Å². The molecule has 1 saturated carbocycles. The molecule has 7 heteroatoms. The van der Waals surface area contributed by atoms with Crippen molar-refractivity contribution in [1.82, 2.24) is 19.7 Å². The number of hydrogen-bond donors (Lipinski definition) is 0. The van der Waals surface area contributed by atoms with Crippen LogP contribution in [0.5, 0.6) is 0 Å². The highest BCUT2D eigenvalue weighted by atomic mass is 32.2. The van der Waals surface area contributed by atoms with Crippen LogP contribution in [0, 0.1) is 0 Å². The van der Waals surface area contributed by atoms with Gasteiger partial charge in [-0.05, 0) is 26.7 Å². The molecule has 1 amide bonds. The maximum absolute atomic E-state index is 12.5. The third kappa shape index (κ3) is 3.95. The molecule has 1 aliphatic carbocycles. The van der Waals surface area contributed by atoms with Gasteiger partial charge < -0.3 is 14.2 Å². The fourth-order valence-electron chi connectivity index (χ4n) is 2.95. The number of rotatable bonds is 6. The van der Waals surface area contributed by atoms with E-state index in [9.17, 15) is 4.79 Å². The number of nitrogens with zero attached hydrogens (tertiary/aromatic N) is 4. The molecule has 1 aliphatic heterocycles. The third-order valence-corrected chi connectivity index (χ3v) is 5.05. The predicted octanol–water partition coefficient (Wildman–Crippen LogP) is 2.07. The van der Waals surface area contributed by atoms with Gasteiger partial charge in [0.1, 0.15) is 5.82 Å². The van der Waals surface area contributed by atoms with Gasteiger partial charge in [0, 0.05) is 25.6 Å². The van der Waals surface area contributed by atoms with Crippen molar-refractivity contribution in [3.63, 3.8) is 0 Å². The number of carbonyl (C=O) groups is 1. The zero-order valence-electron chi connectivity index (χ0n) is 13.8. The Hall–Kier alpha value is -1.34. The van der Waals surface area contributed by atoms with Crippen LogP contribution in [0.25, 0.3) is 0 Å². The lowest BCUT2D eigenvalue weighted by Gasteiger charge is -2.35. The van der Waals surface area contributed by atoms with Gasteiger partial charge in [-0.15, -0.1) is 16.8 Å². The van der Waals surface area contributed by atoms with Crippen LogP contribution in [0.2, 0.25) is 0 Å². The van der Waals surface area contributed by atoms with Gasteiger partial charge >= 0.3 is 0 Å². The van der Waals surface area contributed by atoms with Gasteiger partial charge in [0.2, 0.25) is 5.91 Å². The smallest absolute Gasteiger partial charge is 0.233 e. The molecule has 0 radical (unpaired) electrons. The second-order valence-electron chi connectivity index (χ2n) is 6.36. The van der Waals surface area contributed by atoms with Crippen molar-refractivity contribution in [2.75, 3.05) is 18.8 Å². The molecule has 2 atom stereocenters. The third-order valence-electron chi connectivity index (χ3n) is 4.10. The Morgan fingerprint density at radius 1 is 1.35 bits per heavy atom. The molecule has 1 aromatic rings. The van der Waals surface area contributed by atoms with Crippen LogP contribution in [0.4, 0.5) is 0 Å². The summed E-state index contributed by atoms with van der Waals surface area (Å²) < 4.78 is 7.77. The van der Waals surface area contributed by atoms with Crippen LogP contribution in [0.15, 0.2) is 17.8 Å². The average Bonchev–Trinajstić information content (AvgIpc) is 3.27. The second kappa shape index (κ2) is 7.05. The molecule has 2 heterocycles. The molecule has 0 N–H and O–H groups in total. The maximum Gasteiger partial charge on any atom is 0.233 e. The molecule has 0 bridgehead atoms. The first kappa shape index (κ1) is 16.5. The number of morpholine rings is 1. The van der Waals surface area contributed by atoms with E-state index in [1.165, 1.54) is 24.6 Å². The molecule has 23 heavy (non-hydrogen) atoms. The number of allylic oxidation sites excluding steroid dienone is 1. The highest BCUT2D eigenvalue weighted by Gasteiger charge is 2.31. The largest absolute Gasteiger partial charge is 0.372 e. The number of amides is 1. The minimum Gasteiger partial charge on any atom is -0.372 e. The fraction of sp³-hybridized carbons (Fsp3) is 0.688. The Labute approximate surface area is 141 Å². The fourth-order valence-corrected chi connectivity index (χ4v) is 3.81. The van der Waals surface area contributed by atoms with Gasteiger partial charge in [0.15, 0.2) is 5.16 Å². The number of thioether (sulfide) groups is 1. The molecular formula is C16H24N4O2S. The van der Waals surface area contributed by atoms with Gasteiger partial charge in [-0.25, -0.2) is 0 Å². The summed E-state index contributed by atoms with van der Waals surface area (Å²) in [4.78, 5) is 14.3. The van der Waals surface area contributed by atoms with Gasteiger partial charge in [0.25, 0.3) is 0 Å². The average molecular weight is 336 g/mol. The monoisotopic (exact) mass is 336 g/mol. The normalized spacial score (nSPS) is 24.7. The van der Waals surface area contributed by atoms with Gasteiger partial charge in [-0.2, -0.15) is 0 Å². The molecule has 1 saturated heterocycles. The summed E-state index contributed by atoms with van der Waals surface area (Å²) in [6, 6.07) is 0.